The average Bonchev–Trinajstić information content (AvgIpc) is 2.03. The van der Waals surface area contributed by atoms with Gasteiger partial charge in [0, 0.05) is 12.1 Å². The first-order valence-corrected chi connectivity index (χ1v) is 3.78. The molecule has 0 aromatic carbocycles. The fraction of sp³-hybridized carbons (Fsp3) is 0.222. The summed E-state index contributed by atoms with van der Waals surface area (Å²) in [6, 6.07) is 4.61. The summed E-state index contributed by atoms with van der Waals surface area (Å²) in [6.07, 6.45) is 0.182. The number of aromatic nitrogens is 1. The van der Waals surface area contributed by atoms with E-state index in [2.05, 4.69) is 4.98 Å². The highest BCUT2D eigenvalue weighted by molar-refractivity contribution is 5.85. The molecule has 4 nitrogen and oxygen atoms in total. The average molecular weight is 179 g/mol. The van der Waals surface area contributed by atoms with Crippen molar-refractivity contribution in [3.05, 3.63) is 29.6 Å². The molecule has 1 aromatic rings. The Kier molecular flexibility index (Phi) is 2.74. The van der Waals surface area contributed by atoms with Gasteiger partial charge in [-0.25, -0.2) is 9.78 Å². The van der Waals surface area contributed by atoms with Crippen LogP contribution in [0.5, 0.6) is 0 Å². The Morgan fingerprint density at radius 1 is 1.46 bits per heavy atom. The highest BCUT2D eigenvalue weighted by atomic mass is 16.4. The molecule has 0 fully saturated rings. The molecule has 0 amide bonds. The van der Waals surface area contributed by atoms with Crippen LogP contribution in [0.4, 0.5) is 0 Å². The quantitative estimate of drug-likeness (QED) is 0.748. The Labute approximate surface area is 75.2 Å². The summed E-state index contributed by atoms with van der Waals surface area (Å²) in [7, 11) is 0. The van der Waals surface area contributed by atoms with Gasteiger partial charge in [-0.05, 0) is 19.1 Å². The van der Waals surface area contributed by atoms with E-state index >= 15 is 0 Å². The van der Waals surface area contributed by atoms with Crippen LogP contribution >= 0.6 is 0 Å². The SMILES string of the molecule is CC(=O)Cc1cccc(C(=O)O)n1. The van der Waals surface area contributed by atoms with Gasteiger partial charge >= 0.3 is 5.97 Å². The largest absolute Gasteiger partial charge is 0.477 e. The number of pyridine rings is 1. The molecule has 68 valence electrons. The summed E-state index contributed by atoms with van der Waals surface area (Å²) >= 11 is 0. The van der Waals surface area contributed by atoms with Crippen molar-refractivity contribution in [2.45, 2.75) is 13.3 Å². The van der Waals surface area contributed by atoms with Gasteiger partial charge in [-0.1, -0.05) is 6.07 Å². The van der Waals surface area contributed by atoms with Crippen molar-refractivity contribution in [1.82, 2.24) is 4.98 Å². The van der Waals surface area contributed by atoms with Crippen LogP contribution in [-0.2, 0) is 11.2 Å². The summed E-state index contributed by atoms with van der Waals surface area (Å²) in [4.78, 5) is 25.0. The molecule has 0 spiro atoms. The topological polar surface area (TPSA) is 67.3 Å². The van der Waals surface area contributed by atoms with Gasteiger partial charge < -0.3 is 5.11 Å². The van der Waals surface area contributed by atoms with Gasteiger partial charge in [-0.2, -0.15) is 0 Å². The molecular formula is C9H9NO3. The Hall–Kier alpha value is -1.71. The van der Waals surface area contributed by atoms with E-state index in [0.29, 0.717) is 5.69 Å². The minimum absolute atomic E-state index is 0.0289. The predicted molar refractivity (Wildman–Crippen MR) is 45.6 cm³/mol. The zero-order valence-corrected chi connectivity index (χ0v) is 7.15. The van der Waals surface area contributed by atoms with Crippen molar-refractivity contribution >= 4 is 11.8 Å². The molecule has 13 heavy (non-hydrogen) atoms. The molecular weight excluding hydrogens is 170 g/mol. The van der Waals surface area contributed by atoms with Gasteiger partial charge in [-0.15, -0.1) is 0 Å². The van der Waals surface area contributed by atoms with Gasteiger partial charge in [0.1, 0.15) is 11.5 Å². The van der Waals surface area contributed by atoms with E-state index < -0.39 is 5.97 Å². The molecule has 4 heteroatoms. The number of aromatic carboxylic acids is 1. The monoisotopic (exact) mass is 179 g/mol. The third-order valence-electron chi connectivity index (χ3n) is 1.46. The molecule has 0 radical (unpaired) electrons. The third kappa shape index (κ3) is 2.66. The van der Waals surface area contributed by atoms with Crippen LogP contribution in [0.3, 0.4) is 0 Å². The summed E-state index contributed by atoms with van der Waals surface area (Å²) in [5, 5.41) is 8.60. The standard InChI is InChI=1S/C9H9NO3/c1-6(11)5-7-3-2-4-8(10-7)9(12)13/h2-4H,5H2,1H3,(H,12,13). The van der Waals surface area contributed by atoms with E-state index in [0.717, 1.165) is 0 Å². The minimum Gasteiger partial charge on any atom is -0.477 e. The van der Waals surface area contributed by atoms with Crippen LogP contribution in [0.1, 0.15) is 23.1 Å². The second-order valence-corrected chi connectivity index (χ2v) is 2.70. The first-order chi connectivity index (χ1) is 6.09. The predicted octanol–water partition coefficient (Wildman–Crippen LogP) is 0.911. The molecule has 0 unspecified atom stereocenters. The van der Waals surface area contributed by atoms with Gasteiger partial charge in [0.15, 0.2) is 0 Å². The Morgan fingerprint density at radius 2 is 2.15 bits per heavy atom. The number of carboxylic acid groups (broad SMARTS) is 1. The van der Waals surface area contributed by atoms with Crippen LogP contribution < -0.4 is 0 Å². The number of carbonyl (C=O) groups is 2. The van der Waals surface area contributed by atoms with Gasteiger partial charge in [-0.3, -0.25) is 4.79 Å². The highest BCUT2D eigenvalue weighted by Crippen LogP contribution is 2.00. The third-order valence-corrected chi connectivity index (χ3v) is 1.46. The van der Waals surface area contributed by atoms with Gasteiger partial charge in [0.25, 0.3) is 0 Å². The van der Waals surface area contributed by atoms with E-state index in [4.69, 9.17) is 5.11 Å². The summed E-state index contributed by atoms with van der Waals surface area (Å²) < 4.78 is 0. The maximum atomic E-state index is 10.7. The lowest BCUT2D eigenvalue weighted by molar-refractivity contribution is -0.116. The van der Waals surface area contributed by atoms with Gasteiger partial charge in [0.2, 0.25) is 0 Å². The molecule has 1 N–H and O–H groups in total. The Balaban J connectivity index is 2.91. The molecule has 1 heterocycles. The van der Waals surface area contributed by atoms with Gasteiger partial charge in [0.05, 0.1) is 0 Å². The number of carboxylic acids is 1. The number of hydrogen-bond acceptors (Lipinski definition) is 3. The zero-order chi connectivity index (χ0) is 9.84. The maximum absolute atomic E-state index is 10.7. The number of rotatable bonds is 3. The van der Waals surface area contributed by atoms with E-state index in [1.165, 1.54) is 13.0 Å². The van der Waals surface area contributed by atoms with Crippen molar-refractivity contribution in [1.29, 1.82) is 0 Å². The van der Waals surface area contributed by atoms with Crippen LogP contribution in [-0.4, -0.2) is 21.8 Å². The maximum Gasteiger partial charge on any atom is 0.354 e. The molecule has 1 rings (SSSR count). The number of Topliss-reactive ketones (excluding diaryl/α,β-unsaturated/α-hetero) is 1. The van der Waals surface area contributed by atoms with Crippen molar-refractivity contribution in [2.75, 3.05) is 0 Å². The van der Waals surface area contributed by atoms with Crippen LogP contribution in [0.2, 0.25) is 0 Å². The second-order valence-electron chi connectivity index (χ2n) is 2.70. The number of ketones is 1. The molecule has 1 aromatic heterocycles. The molecule has 0 aliphatic rings. The fourth-order valence-corrected chi connectivity index (χ4v) is 0.952. The lowest BCUT2D eigenvalue weighted by Gasteiger charge is -1.97. The van der Waals surface area contributed by atoms with Crippen LogP contribution in [0.25, 0.3) is 0 Å². The second kappa shape index (κ2) is 3.80. The molecule has 0 atom stereocenters. The molecule has 0 saturated heterocycles. The van der Waals surface area contributed by atoms with Crippen LogP contribution in [0, 0.1) is 0 Å². The lowest BCUT2D eigenvalue weighted by Crippen LogP contribution is -2.05. The van der Waals surface area contributed by atoms with Crippen molar-refractivity contribution < 1.29 is 14.7 Å². The molecule has 0 saturated carbocycles. The first kappa shape index (κ1) is 9.38. The number of carbonyl (C=O) groups excluding carboxylic acids is 1. The van der Waals surface area contributed by atoms with Crippen molar-refractivity contribution in [2.24, 2.45) is 0 Å². The van der Waals surface area contributed by atoms with E-state index in [-0.39, 0.29) is 17.9 Å². The number of hydrogen-bond donors (Lipinski definition) is 1. The van der Waals surface area contributed by atoms with E-state index in [9.17, 15) is 9.59 Å². The van der Waals surface area contributed by atoms with Crippen molar-refractivity contribution in [3.63, 3.8) is 0 Å². The summed E-state index contributed by atoms with van der Waals surface area (Å²) in [6.45, 7) is 1.44. The Morgan fingerprint density at radius 3 is 2.69 bits per heavy atom. The summed E-state index contributed by atoms with van der Waals surface area (Å²) in [5.74, 6) is -1.11. The molecule has 0 aliphatic heterocycles. The number of nitrogens with zero attached hydrogens (tertiary/aromatic N) is 1. The first-order valence-electron chi connectivity index (χ1n) is 3.78. The van der Waals surface area contributed by atoms with E-state index in [1.807, 2.05) is 0 Å². The summed E-state index contributed by atoms with van der Waals surface area (Å²) in [5.41, 5.74) is 0.464. The smallest absolute Gasteiger partial charge is 0.354 e. The van der Waals surface area contributed by atoms with Crippen LogP contribution in [0.15, 0.2) is 18.2 Å². The zero-order valence-electron chi connectivity index (χ0n) is 7.15. The Bertz CT molecular complexity index is 346. The lowest BCUT2D eigenvalue weighted by atomic mass is 10.2. The minimum atomic E-state index is -1.08. The normalized spacial score (nSPS) is 9.62. The van der Waals surface area contributed by atoms with E-state index in [1.54, 1.807) is 12.1 Å². The fourth-order valence-electron chi connectivity index (χ4n) is 0.952. The molecule has 0 bridgehead atoms. The highest BCUT2D eigenvalue weighted by Gasteiger charge is 2.05. The van der Waals surface area contributed by atoms with Crippen molar-refractivity contribution in [3.8, 4) is 0 Å². The molecule has 0 aliphatic carbocycles.